The molecular formula is C44H44N2. The maximum absolute atomic E-state index is 2.42. The van der Waals surface area contributed by atoms with Crippen LogP contribution < -0.4 is 9.80 Å². The van der Waals surface area contributed by atoms with Crippen molar-refractivity contribution < 1.29 is 0 Å². The lowest BCUT2D eigenvalue weighted by Crippen LogP contribution is -2.13. The second-order valence-corrected chi connectivity index (χ2v) is 12.9. The van der Waals surface area contributed by atoms with Gasteiger partial charge >= 0.3 is 0 Å². The molecule has 2 heteroatoms. The Balaban J connectivity index is 1.45. The van der Waals surface area contributed by atoms with Crippen LogP contribution in [-0.4, -0.2) is 0 Å². The first-order chi connectivity index (χ1) is 22.1. The molecule has 0 radical (unpaired) electrons. The third kappa shape index (κ3) is 6.21. The topological polar surface area (TPSA) is 6.48 Å². The summed E-state index contributed by atoms with van der Waals surface area (Å²) in [6.45, 7) is 17.5. The smallest absolute Gasteiger partial charge is 0.0493 e. The van der Waals surface area contributed by atoms with Crippen molar-refractivity contribution in [1.82, 2.24) is 0 Å². The molecule has 0 heterocycles. The molecular weight excluding hydrogens is 556 g/mol. The van der Waals surface area contributed by atoms with Crippen LogP contribution in [0, 0.1) is 55.4 Å². The Morgan fingerprint density at radius 3 is 1.07 bits per heavy atom. The van der Waals surface area contributed by atoms with Gasteiger partial charge in [-0.25, -0.2) is 0 Å². The molecule has 2 nitrogen and oxygen atoms in total. The zero-order chi connectivity index (χ0) is 32.5. The fourth-order valence-electron chi connectivity index (χ4n) is 6.28. The Kier molecular flexibility index (Phi) is 8.56. The summed E-state index contributed by atoms with van der Waals surface area (Å²) in [4.78, 5) is 4.83. The predicted molar refractivity (Wildman–Crippen MR) is 199 cm³/mol. The molecule has 0 saturated heterocycles. The molecule has 0 N–H and O–H groups in total. The van der Waals surface area contributed by atoms with Crippen LogP contribution in [0.1, 0.15) is 44.5 Å². The van der Waals surface area contributed by atoms with E-state index in [1.807, 2.05) is 0 Å². The van der Waals surface area contributed by atoms with Gasteiger partial charge in [-0.15, -0.1) is 0 Å². The van der Waals surface area contributed by atoms with Gasteiger partial charge in [0.2, 0.25) is 0 Å². The number of aryl methyl sites for hydroxylation is 8. The van der Waals surface area contributed by atoms with Crippen LogP contribution in [0.4, 0.5) is 34.1 Å². The van der Waals surface area contributed by atoms with E-state index in [2.05, 4.69) is 187 Å². The van der Waals surface area contributed by atoms with E-state index in [1.54, 1.807) is 0 Å². The van der Waals surface area contributed by atoms with Gasteiger partial charge in [0.15, 0.2) is 0 Å². The van der Waals surface area contributed by atoms with Gasteiger partial charge in [-0.3, -0.25) is 0 Å². The predicted octanol–water partition coefficient (Wildman–Crippen LogP) is 12.8. The zero-order valence-corrected chi connectivity index (χ0v) is 28.4. The van der Waals surface area contributed by atoms with Gasteiger partial charge in [-0.1, -0.05) is 72.8 Å². The Bertz CT molecular complexity index is 1930. The average molecular weight is 601 g/mol. The van der Waals surface area contributed by atoms with E-state index in [1.165, 1.54) is 78.4 Å². The average Bonchev–Trinajstić information content (AvgIpc) is 3.04. The summed E-state index contributed by atoms with van der Waals surface area (Å²) in [6, 6.07) is 44.8. The summed E-state index contributed by atoms with van der Waals surface area (Å²) in [7, 11) is 0. The van der Waals surface area contributed by atoms with Gasteiger partial charge in [0.1, 0.15) is 0 Å². The number of benzene rings is 6. The van der Waals surface area contributed by atoms with Gasteiger partial charge in [0.05, 0.1) is 0 Å². The zero-order valence-electron chi connectivity index (χ0n) is 28.4. The van der Waals surface area contributed by atoms with E-state index in [4.69, 9.17) is 0 Å². The van der Waals surface area contributed by atoms with Gasteiger partial charge in [0, 0.05) is 34.1 Å². The van der Waals surface area contributed by atoms with E-state index >= 15 is 0 Å². The van der Waals surface area contributed by atoms with Crippen LogP contribution in [-0.2, 0) is 0 Å². The highest BCUT2D eigenvalue weighted by Crippen LogP contribution is 2.42. The van der Waals surface area contributed by atoms with E-state index in [9.17, 15) is 0 Å². The first kappa shape index (κ1) is 30.9. The number of anilines is 6. The van der Waals surface area contributed by atoms with Crippen molar-refractivity contribution in [1.29, 1.82) is 0 Å². The van der Waals surface area contributed by atoms with Crippen molar-refractivity contribution in [2.75, 3.05) is 9.80 Å². The minimum absolute atomic E-state index is 1.15. The van der Waals surface area contributed by atoms with Gasteiger partial charge < -0.3 is 9.80 Å². The number of nitrogens with zero attached hydrogens (tertiary/aromatic N) is 2. The van der Waals surface area contributed by atoms with E-state index in [0.717, 1.165) is 11.4 Å². The van der Waals surface area contributed by atoms with Crippen molar-refractivity contribution in [3.63, 3.8) is 0 Å². The molecule has 0 fully saturated rings. The highest BCUT2D eigenvalue weighted by molar-refractivity contribution is 5.85. The van der Waals surface area contributed by atoms with Crippen LogP contribution in [0.3, 0.4) is 0 Å². The lowest BCUT2D eigenvalue weighted by atomic mass is 10.0. The van der Waals surface area contributed by atoms with Gasteiger partial charge in [-0.2, -0.15) is 0 Å². The standard InChI is InChI=1S/C44H44N2/c1-29-12-16-33(5)41(24-29)45(42-25-30(2)13-17-34(42)6)39-22-20-37(21-23-39)38-10-9-11-40(28-38)46(43-26-31(3)14-18-35(43)7)44-27-32(4)15-19-36(44)8/h9-28H,1-8H3. The maximum atomic E-state index is 2.42. The van der Waals surface area contributed by atoms with Crippen molar-refractivity contribution in [2.24, 2.45) is 0 Å². The molecule has 0 unspecified atom stereocenters. The molecule has 230 valence electrons. The fraction of sp³-hybridized carbons (Fsp3) is 0.182. The summed E-state index contributed by atoms with van der Waals surface area (Å²) in [6.07, 6.45) is 0. The van der Waals surface area contributed by atoms with Crippen molar-refractivity contribution in [3.8, 4) is 11.1 Å². The molecule has 0 aliphatic rings. The van der Waals surface area contributed by atoms with Crippen molar-refractivity contribution >= 4 is 34.1 Å². The summed E-state index contributed by atoms with van der Waals surface area (Å²) in [5.41, 5.74) is 19.5. The van der Waals surface area contributed by atoms with E-state index in [-0.39, 0.29) is 0 Å². The first-order valence-electron chi connectivity index (χ1n) is 16.2. The van der Waals surface area contributed by atoms with E-state index in [0.29, 0.717) is 0 Å². The van der Waals surface area contributed by atoms with Crippen molar-refractivity contribution in [2.45, 2.75) is 55.4 Å². The molecule has 6 aromatic rings. The Hall–Kier alpha value is -5.08. The van der Waals surface area contributed by atoms with Crippen LogP contribution in [0.2, 0.25) is 0 Å². The third-order valence-corrected chi connectivity index (χ3v) is 8.99. The molecule has 0 amide bonds. The van der Waals surface area contributed by atoms with Gasteiger partial charge in [0.25, 0.3) is 0 Å². The second kappa shape index (κ2) is 12.7. The minimum Gasteiger partial charge on any atom is -0.310 e. The molecule has 0 aliphatic carbocycles. The molecule has 6 rings (SSSR count). The monoisotopic (exact) mass is 600 g/mol. The van der Waals surface area contributed by atoms with Crippen LogP contribution in [0.15, 0.2) is 121 Å². The van der Waals surface area contributed by atoms with Crippen LogP contribution >= 0.6 is 0 Å². The van der Waals surface area contributed by atoms with Crippen molar-refractivity contribution in [3.05, 3.63) is 166 Å². The summed E-state index contributed by atoms with van der Waals surface area (Å²) in [5.74, 6) is 0. The fourth-order valence-corrected chi connectivity index (χ4v) is 6.28. The second-order valence-electron chi connectivity index (χ2n) is 12.9. The summed E-state index contributed by atoms with van der Waals surface area (Å²) in [5, 5.41) is 0. The normalized spacial score (nSPS) is 11.0. The lowest BCUT2D eigenvalue weighted by molar-refractivity contribution is 1.20. The number of hydrogen-bond donors (Lipinski definition) is 0. The summed E-state index contributed by atoms with van der Waals surface area (Å²) >= 11 is 0. The molecule has 0 aromatic heterocycles. The molecule has 0 aliphatic heterocycles. The quantitative estimate of drug-likeness (QED) is 0.180. The molecule has 0 spiro atoms. The minimum atomic E-state index is 1.15. The van der Waals surface area contributed by atoms with Crippen LogP contribution in [0.25, 0.3) is 11.1 Å². The molecule has 46 heavy (non-hydrogen) atoms. The molecule has 0 bridgehead atoms. The Morgan fingerprint density at radius 2 is 0.674 bits per heavy atom. The maximum Gasteiger partial charge on any atom is 0.0493 e. The Labute approximate surface area is 275 Å². The molecule has 6 aromatic carbocycles. The summed E-state index contributed by atoms with van der Waals surface area (Å²) < 4.78 is 0. The largest absolute Gasteiger partial charge is 0.310 e. The highest BCUT2D eigenvalue weighted by Gasteiger charge is 2.19. The number of rotatable bonds is 7. The molecule has 0 saturated carbocycles. The first-order valence-corrected chi connectivity index (χ1v) is 16.2. The SMILES string of the molecule is Cc1ccc(C)c(N(c2ccc(-c3cccc(N(c4cc(C)ccc4C)c4cc(C)ccc4C)c3)cc2)c2cc(C)ccc2C)c1. The lowest BCUT2D eigenvalue weighted by Gasteiger charge is -2.30. The molecule has 0 atom stereocenters. The third-order valence-electron chi connectivity index (χ3n) is 8.99. The number of hydrogen-bond acceptors (Lipinski definition) is 2. The van der Waals surface area contributed by atoms with Crippen LogP contribution in [0.5, 0.6) is 0 Å². The van der Waals surface area contributed by atoms with E-state index < -0.39 is 0 Å². The highest BCUT2D eigenvalue weighted by atomic mass is 15.2. The Morgan fingerprint density at radius 1 is 0.304 bits per heavy atom. The van der Waals surface area contributed by atoms with Gasteiger partial charge in [-0.05, 0) is 160 Å².